The summed E-state index contributed by atoms with van der Waals surface area (Å²) < 4.78 is 0. The number of anilines is 1. The number of nitrogens with one attached hydrogen (secondary N) is 1. The highest BCUT2D eigenvalue weighted by molar-refractivity contribution is 6.06. The maximum absolute atomic E-state index is 12.7. The molecule has 2 aromatic rings. The van der Waals surface area contributed by atoms with Gasteiger partial charge < -0.3 is 5.32 Å². The quantitative estimate of drug-likeness (QED) is 0.809. The number of rotatable bonds is 0. The summed E-state index contributed by atoms with van der Waals surface area (Å²) in [6, 6.07) is 10.5. The molecule has 2 aliphatic rings. The molecule has 3 heteroatoms. The summed E-state index contributed by atoms with van der Waals surface area (Å²) in [4.78, 5) is 17.2. The Balaban J connectivity index is 1.81. The molecule has 3 nitrogen and oxygen atoms in total. The predicted molar refractivity (Wildman–Crippen MR) is 87.1 cm³/mol. The van der Waals surface area contributed by atoms with Gasteiger partial charge in [-0.3, -0.25) is 9.78 Å². The van der Waals surface area contributed by atoms with Crippen LogP contribution in [0.4, 0.5) is 5.69 Å². The summed E-state index contributed by atoms with van der Waals surface area (Å²) in [5, 5.41) is 3.01. The summed E-state index contributed by atoms with van der Waals surface area (Å²) >= 11 is 0. The van der Waals surface area contributed by atoms with Gasteiger partial charge in [-0.15, -0.1) is 0 Å². The number of carbonyl (C=O) groups is 1. The SMILES string of the molecule is CC(C)(C)c1ccc2c(c1)CC1(C2)C(=O)Nc2cccnc21. The van der Waals surface area contributed by atoms with E-state index < -0.39 is 5.41 Å². The fourth-order valence-electron chi connectivity index (χ4n) is 3.71. The van der Waals surface area contributed by atoms with Crippen molar-refractivity contribution in [1.29, 1.82) is 0 Å². The Morgan fingerprint density at radius 1 is 1.14 bits per heavy atom. The van der Waals surface area contributed by atoms with Gasteiger partial charge in [0.1, 0.15) is 5.41 Å². The van der Waals surface area contributed by atoms with Crippen LogP contribution in [0.1, 0.15) is 43.2 Å². The van der Waals surface area contributed by atoms with Crippen LogP contribution in [0.5, 0.6) is 0 Å². The summed E-state index contributed by atoms with van der Waals surface area (Å²) in [5.74, 6) is 0.0923. The second-order valence-corrected chi connectivity index (χ2v) is 7.52. The number of aromatic nitrogens is 1. The van der Waals surface area contributed by atoms with Crippen molar-refractivity contribution in [1.82, 2.24) is 4.98 Å². The Kier molecular flexibility index (Phi) is 2.57. The van der Waals surface area contributed by atoms with Gasteiger partial charge in [-0.25, -0.2) is 0 Å². The first-order chi connectivity index (χ1) is 10.4. The summed E-state index contributed by atoms with van der Waals surface area (Å²) in [5.41, 5.74) is 5.30. The number of fused-ring (bicyclic) bond motifs is 3. The van der Waals surface area contributed by atoms with Crippen molar-refractivity contribution in [3.8, 4) is 0 Å². The Morgan fingerprint density at radius 2 is 1.91 bits per heavy atom. The highest BCUT2D eigenvalue weighted by Gasteiger charge is 2.51. The molecule has 0 bridgehead atoms. The molecule has 4 rings (SSSR count). The maximum Gasteiger partial charge on any atom is 0.237 e. The van der Waals surface area contributed by atoms with Crippen molar-refractivity contribution >= 4 is 11.6 Å². The lowest BCUT2D eigenvalue weighted by molar-refractivity contribution is -0.120. The smallest absolute Gasteiger partial charge is 0.237 e. The fourth-order valence-corrected chi connectivity index (χ4v) is 3.71. The van der Waals surface area contributed by atoms with E-state index in [1.165, 1.54) is 16.7 Å². The zero-order valence-corrected chi connectivity index (χ0v) is 13.2. The molecule has 112 valence electrons. The second-order valence-electron chi connectivity index (χ2n) is 7.52. The molecule has 1 aromatic carbocycles. The predicted octanol–water partition coefficient (Wildman–Crippen LogP) is 3.37. The maximum atomic E-state index is 12.7. The van der Waals surface area contributed by atoms with Crippen molar-refractivity contribution < 1.29 is 4.79 Å². The zero-order chi connectivity index (χ0) is 15.5. The Hall–Kier alpha value is -2.16. The van der Waals surface area contributed by atoms with E-state index >= 15 is 0 Å². The lowest BCUT2D eigenvalue weighted by Crippen LogP contribution is -2.35. The normalized spacial score (nSPS) is 22.6. The Bertz CT molecular complexity index is 788. The zero-order valence-electron chi connectivity index (χ0n) is 13.2. The van der Waals surface area contributed by atoms with E-state index in [0.29, 0.717) is 0 Å². The molecule has 2 heterocycles. The molecule has 1 aromatic heterocycles. The topological polar surface area (TPSA) is 42.0 Å². The van der Waals surface area contributed by atoms with Crippen molar-refractivity contribution in [2.24, 2.45) is 0 Å². The van der Waals surface area contributed by atoms with Gasteiger partial charge in [0, 0.05) is 6.20 Å². The average Bonchev–Trinajstić information content (AvgIpc) is 2.97. The number of carbonyl (C=O) groups excluding carboxylic acids is 1. The average molecular weight is 292 g/mol. The van der Waals surface area contributed by atoms with Gasteiger partial charge in [0.15, 0.2) is 0 Å². The van der Waals surface area contributed by atoms with Gasteiger partial charge in [0.05, 0.1) is 11.4 Å². The molecule has 0 radical (unpaired) electrons. The third kappa shape index (κ3) is 1.75. The Morgan fingerprint density at radius 3 is 2.68 bits per heavy atom. The lowest BCUT2D eigenvalue weighted by atomic mass is 9.82. The molecule has 1 aliphatic heterocycles. The van der Waals surface area contributed by atoms with E-state index in [1.54, 1.807) is 6.20 Å². The van der Waals surface area contributed by atoms with Crippen molar-refractivity contribution in [2.45, 2.75) is 44.4 Å². The van der Waals surface area contributed by atoms with Crippen LogP contribution in [0.2, 0.25) is 0 Å². The van der Waals surface area contributed by atoms with Crippen LogP contribution in [0.3, 0.4) is 0 Å². The molecule has 22 heavy (non-hydrogen) atoms. The third-order valence-electron chi connectivity index (χ3n) is 5.00. The van der Waals surface area contributed by atoms with Crippen molar-refractivity contribution in [3.63, 3.8) is 0 Å². The third-order valence-corrected chi connectivity index (χ3v) is 5.00. The van der Waals surface area contributed by atoms with Crippen LogP contribution in [0, 0.1) is 0 Å². The Labute approximate surface area is 130 Å². The first-order valence-electron chi connectivity index (χ1n) is 7.79. The van der Waals surface area contributed by atoms with Crippen molar-refractivity contribution in [2.75, 3.05) is 5.32 Å². The largest absolute Gasteiger partial charge is 0.324 e. The minimum Gasteiger partial charge on any atom is -0.324 e. The van der Waals surface area contributed by atoms with E-state index in [4.69, 9.17) is 0 Å². The van der Waals surface area contributed by atoms with E-state index in [0.717, 1.165) is 24.2 Å². The number of hydrogen-bond donors (Lipinski definition) is 1. The first-order valence-corrected chi connectivity index (χ1v) is 7.79. The van der Waals surface area contributed by atoms with Gasteiger partial charge in [0.25, 0.3) is 0 Å². The molecule has 1 N–H and O–H groups in total. The van der Waals surface area contributed by atoms with Gasteiger partial charge in [-0.1, -0.05) is 39.0 Å². The van der Waals surface area contributed by atoms with E-state index in [9.17, 15) is 4.79 Å². The summed E-state index contributed by atoms with van der Waals surface area (Å²) in [6.07, 6.45) is 3.29. The van der Waals surface area contributed by atoms with Gasteiger partial charge in [0.2, 0.25) is 5.91 Å². The molecule has 1 unspecified atom stereocenters. The standard InChI is InChI=1S/C19H20N2O/c1-18(2,3)14-7-6-12-10-19(11-13(12)9-14)16-15(21-17(19)22)5-4-8-20-16/h4-9H,10-11H2,1-3H3,(H,21,22). The van der Waals surface area contributed by atoms with Gasteiger partial charge >= 0.3 is 0 Å². The molecule has 1 spiro atoms. The second kappa shape index (κ2) is 4.19. The molecule has 1 amide bonds. The number of benzene rings is 1. The van der Waals surface area contributed by atoms with Crippen LogP contribution >= 0.6 is 0 Å². The minimum absolute atomic E-state index is 0.0923. The summed E-state index contributed by atoms with van der Waals surface area (Å²) in [6.45, 7) is 6.66. The summed E-state index contributed by atoms with van der Waals surface area (Å²) in [7, 11) is 0. The molecule has 0 saturated carbocycles. The highest BCUT2D eigenvalue weighted by atomic mass is 16.2. The molecular formula is C19H20N2O. The van der Waals surface area contributed by atoms with E-state index in [-0.39, 0.29) is 11.3 Å². The van der Waals surface area contributed by atoms with Crippen LogP contribution in [0.25, 0.3) is 0 Å². The number of pyridine rings is 1. The molecule has 0 fully saturated rings. The van der Waals surface area contributed by atoms with Crippen LogP contribution in [-0.2, 0) is 28.5 Å². The van der Waals surface area contributed by atoms with Crippen LogP contribution in [-0.4, -0.2) is 10.9 Å². The molecule has 0 saturated heterocycles. The molecule has 1 aliphatic carbocycles. The lowest BCUT2D eigenvalue weighted by Gasteiger charge is -2.20. The van der Waals surface area contributed by atoms with E-state index in [2.05, 4.69) is 49.3 Å². The fraction of sp³-hybridized carbons (Fsp3) is 0.368. The van der Waals surface area contributed by atoms with Crippen molar-refractivity contribution in [3.05, 3.63) is 58.9 Å². The monoisotopic (exact) mass is 292 g/mol. The highest BCUT2D eigenvalue weighted by Crippen LogP contribution is 2.46. The minimum atomic E-state index is -0.505. The van der Waals surface area contributed by atoms with E-state index in [1.807, 2.05) is 12.1 Å². The number of hydrogen-bond acceptors (Lipinski definition) is 2. The number of nitrogens with zero attached hydrogens (tertiary/aromatic N) is 1. The molecular weight excluding hydrogens is 272 g/mol. The number of amides is 1. The molecule has 1 atom stereocenters. The van der Waals surface area contributed by atoms with Crippen LogP contribution < -0.4 is 5.32 Å². The van der Waals surface area contributed by atoms with Crippen LogP contribution in [0.15, 0.2) is 36.5 Å². The van der Waals surface area contributed by atoms with Gasteiger partial charge in [-0.2, -0.15) is 0 Å². The van der Waals surface area contributed by atoms with Gasteiger partial charge in [-0.05, 0) is 47.1 Å². The first kappa shape index (κ1) is 13.5.